The van der Waals surface area contributed by atoms with Crippen molar-refractivity contribution in [1.29, 1.82) is 0 Å². The van der Waals surface area contributed by atoms with Crippen LogP contribution < -0.4 is 5.73 Å². The molecule has 18 heavy (non-hydrogen) atoms. The monoisotopic (exact) mass is 248 g/mol. The van der Waals surface area contributed by atoms with Crippen molar-refractivity contribution in [1.82, 2.24) is 0 Å². The van der Waals surface area contributed by atoms with E-state index in [1.165, 1.54) is 38.5 Å². The van der Waals surface area contributed by atoms with Gasteiger partial charge in [-0.1, -0.05) is 13.8 Å². The number of amidine groups is 1. The number of nitrogens with two attached hydrogens (primary N) is 1. The van der Waals surface area contributed by atoms with Crippen molar-refractivity contribution >= 4 is 5.84 Å². The lowest BCUT2D eigenvalue weighted by Crippen LogP contribution is -2.59. The van der Waals surface area contributed by atoms with Gasteiger partial charge in [0.25, 0.3) is 0 Å². The predicted molar refractivity (Wildman–Crippen MR) is 76.6 cm³/mol. The molecular formula is C16H28N2. The van der Waals surface area contributed by atoms with Crippen LogP contribution in [0.1, 0.15) is 66.2 Å². The Morgan fingerprint density at radius 2 is 1.61 bits per heavy atom. The first-order valence-corrected chi connectivity index (χ1v) is 7.58. The first kappa shape index (κ1) is 12.5. The van der Waals surface area contributed by atoms with Crippen molar-refractivity contribution in [3.8, 4) is 0 Å². The van der Waals surface area contributed by atoms with Crippen molar-refractivity contribution in [3.63, 3.8) is 0 Å². The van der Waals surface area contributed by atoms with Gasteiger partial charge in [0.15, 0.2) is 0 Å². The minimum Gasteiger partial charge on any atom is -0.387 e. The van der Waals surface area contributed by atoms with E-state index in [1.54, 1.807) is 0 Å². The van der Waals surface area contributed by atoms with Gasteiger partial charge in [0.05, 0.1) is 0 Å². The van der Waals surface area contributed by atoms with Crippen molar-refractivity contribution in [2.45, 2.75) is 72.3 Å². The zero-order chi connectivity index (χ0) is 13.2. The normalized spacial score (nSPS) is 51.2. The van der Waals surface area contributed by atoms with Gasteiger partial charge in [-0.05, 0) is 69.1 Å². The summed E-state index contributed by atoms with van der Waals surface area (Å²) in [7, 11) is 0. The molecule has 102 valence electrons. The summed E-state index contributed by atoms with van der Waals surface area (Å²) in [6.45, 7) is 9.26. The Balaban J connectivity index is 1.98. The maximum absolute atomic E-state index is 6.44. The van der Waals surface area contributed by atoms with Gasteiger partial charge in [-0.25, -0.2) is 0 Å². The average molecular weight is 248 g/mol. The molecule has 0 aliphatic heterocycles. The molecule has 4 aliphatic carbocycles. The molecule has 4 saturated carbocycles. The molecule has 2 atom stereocenters. The predicted octanol–water partition coefficient (Wildman–Crippen LogP) is 3.75. The standard InChI is InChI=1S/C16H28N2/c1-11(2)18-13(17)16-7-12-5-14(3,9-16)8-15(4,6-12)10-16/h11-12H,5-10H2,1-4H3,(H2,17,18). The molecule has 0 amide bonds. The first-order chi connectivity index (χ1) is 8.24. The van der Waals surface area contributed by atoms with Crippen LogP contribution in [0, 0.1) is 22.2 Å². The van der Waals surface area contributed by atoms with E-state index in [2.05, 4.69) is 27.7 Å². The highest BCUT2D eigenvalue weighted by Gasteiger charge is 2.61. The van der Waals surface area contributed by atoms with E-state index >= 15 is 0 Å². The van der Waals surface area contributed by atoms with E-state index in [0.29, 0.717) is 16.9 Å². The van der Waals surface area contributed by atoms with Crippen LogP contribution in [0.15, 0.2) is 4.99 Å². The van der Waals surface area contributed by atoms with Crippen LogP contribution >= 0.6 is 0 Å². The Morgan fingerprint density at radius 1 is 1.06 bits per heavy atom. The molecule has 4 fully saturated rings. The second-order valence-corrected chi connectivity index (χ2v) is 8.52. The minimum atomic E-state index is 0.243. The van der Waals surface area contributed by atoms with Gasteiger partial charge >= 0.3 is 0 Å². The second-order valence-electron chi connectivity index (χ2n) is 8.52. The quantitative estimate of drug-likeness (QED) is 0.586. The van der Waals surface area contributed by atoms with Crippen molar-refractivity contribution in [2.75, 3.05) is 0 Å². The number of rotatable bonds is 2. The van der Waals surface area contributed by atoms with Gasteiger partial charge in [0.1, 0.15) is 5.84 Å². The molecule has 4 bridgehead atoms. The summed E-state index contributed by atoms with van der Waals surface area (Å²) in [6, 6.07) is 0.332. The van der Waals surface area contributed by atoms with Crippen molar-refractivity contribution in [2.24, 2.45) is 32.9 Å². The van der Waals surface area contributed by atoms with E-state index in [0.717, 1.165) is 11.8 Å². The zero-order valence-electron chi connectivity index (χ0n) is 12.4. The SMILES string of the molecule is CC(C)N=C(N)C12CC3CC(C)(CC(C)(C3)C1)C2. The number of aliphatic imine (C=N–C) groups is 1. The molecule has 0 heterocycles. The third kappa shape index (κ3) is 1.80. The molecule has 2 nitrogen and oxygen atoms in total. The third-order valence-corrected chi connectivity index (χ3v) is 5.57. The molecule has 0 saturated heterocycles. The van der Waals surface area contributed by atoms with Gasteiger partial charge in [0, 0.05) is 11.5 Å². The summed E-state index contributed by atoms with van der Waals surface area (Å²) in [6.07, 6.45) is 8.15. The van der Waals surface area contributed by atoms with E-state index < -0.39 is 0 Å². The van der Waals surface area contributed by atoms with Gasteiger partial charge in [0.2, 0.25) is 0 Å². The summed E-state index contributed by atoms with van der Waals surface area (Å²) in [4.78, 5) is 4.72. The van der Waals surface area contributed by atoms with Crippen LogP contribution in [0.2, 0.25) is 0 Å². The molecule has 4 aliphatic rings. The largest absolute Gasteiger partial charge is 0.387 e. The van der Waals surface area contributed by atoms with E-state index in [-0.39, 0.29) is 5.41 Å². The fourth-order valence-corrected chi connectivity index (χ4v) is 6.15. The molecule has 0 spiro atoms. The second kappa shape index (κ2) is 3.52. The Morgan fingerprint density at radius 3 is 2.06 bits per heavy atom. The maximum atomic E-state index is 6.44. The molecular weight excluding hydrogens is 220 g/mol. The highest BCUT2D eigenvalue weighted by molar-refractivity contribution is 5.87. The lowest BCUT2D eigenvalue weighted by molar-refractivity contribution is -0.116. The van der Waals surface area contributed by atoms with Crippen LogP contribution in [0.5, 0.6) is 0 Å². The molecule has 0 aromatic rings. The number of hydrogen-bond acceptors (Lipinski definition) is 1. The van der Waals surface area contributed by atoms with Gasteiger partial charge in [-0.3, -0.25) is 4.99 Å². The Labute approximate surface area is 111 Å². The highest BCUT2D eigenvalue weighted by atomic mass is 14.9. The van der Waals surface area contributed by atoms with Crippen LogP contribution in [-0.2, 0) is 0 Å². The summed E-state index contributed by atoms with van der Waals surface area (Å²) in [5.74, 6) is 1.87. The minimum absolute atomic E-state index is 0.243. The number of hydrogen-bond donors (Lipinski definition) is 1. The Hall–Kier alpha value is -0.530. The van der Waals surface area contributed by atoms with Gasteiger partial charge < -0.3 is 5.73 Å². The zero-order valence-corrected chi connectivity index (χ0v) is 12.4. The van der Waals surface area contributed by atoms with Crippen LogP contribution in [0.25, 0.3) is 0 Å². The maximum Gasteiger partial charge on any atom is 0.100 e. The first-order valence-electron chi connectivity index (χ1n) is 7.58. The van der Waals surface area contributed by atoms with E-state index in [1.807, 2.05) is 0 Å². The average Bonchev–Trinajstić information content (AvgIpc) is 2.09. The van der Waals surface area contributed by atoms with Crippen molar-refractivity contribution in [3.05, 3.63) is 0 Å². The Bertz CT molecular complexity index is 378. The summed E-state index contributed by atoms with van der Waals surface area (Å²) in [5.41, 5.74) is 7.75. The van der Waals surface area contributed by atoms with Gasteiger partial charge in [-0.15, -0.1) is 0 Å². The molecule has 2 heteroatoms. The van der Waals surface area contributed by atoms with Crippen LogP contribution in [0.4, 0.5) is 0 Å². The topological polar surface area (TPSA) is 38.4 Å². The molecule has 4 rings (SSSR count). The lowest BCUT2D eigenvalue weighted by atomic mass is 9.40. The smallest absolute Gasteiger partial charge is 0.100 e. The summed E-state index contributed by atoms with van der Waals surface area (Å²) in [5, 5.41) is 0. The molecule has 2 unspecified atom stereocenters. The highest BCUT2D eigenvalue weighted by Crippen LogP contribution is 2.69. The number of nitrogens with zero attached hydrogens (tertiary/aromatic N) is 1. The third-order valence-electron chi connectivity index (χ3n) is 5.57. The van der Waals surface area contributed by atoms with Gasteiger partial charge in [-0.2, -0.15) is 0 Å². The summed E-state index contributed by atoms with van der Waals surface area (Å²) >= 11 is 0. The molecule has 0 aromatic carbocycles. The van der Waals surface area contributed by atoms with Crippen LogP contribution in [-0.4, -0.2) is 11.9 Å². The fraction of sp³-hybridized carbons (Fsp3) is 0.938. The Kier molecular flexibility index (Phi) is 2.44. The van der Waals surface area contributed by atoms with E-state index in [4.69, 9.17) is 10.7 Å². The molecule has 2 N–H and O–H groups in total. The van der Waals surface area contributed by atoms with Crippen molar-refractivity contribution < 1.29 is 0 Å². The lowest BCUT2D eigenvalue weighted by Gasteiger charge is -2.65. The van der Waals surface area contributed by atoms with Crippen LogP contribution in [0.3, 0.4) is 0 Å². The molecule has 0 radical (unpaired) electrons. The van der Waals surface area contributed by atoms with E-state index in [9.17, 15) is 0 Å². The fourth-order valence-electron chi connectivity index (χ4n) is 6.15. The molecule has 0 aromatic heterocycles. The summed E-state index contributed by atoms with van der Waals surface area (Å²) < 4.78 is 0.